The van der Waals surface area contributed by atoms with Crippen molar-refractivity contribution in [3.8, 4) is 0 Å². The second-order valence-electron chi connectivity index (χ2n) is 7.41. The monoisotopic (exact) mass is 362 g/mol. The van der Waals surface area contributed by atoms with Crippen molar-refractivity contribution in [3.05, 3.63) is 47.7 Å². The molecule has 2 unspecified atom stereocenters. The minimum Gasteiger partial charge on any atom is -0.370 e. The van der Waals surface area contributed by atoms with Crippen LogP contribution in [0.3, 0.4) is 0 Å². The quantitative estimate of drug-likeness (QED) is 0.866. The molecule has 0 aromatic heterocycles. The van der Waals surface area contributed by atoms with Crippen LogP contribution in [0.4, 0.5) is 8.78 Å². The predicted octanol–water partition coefficient (Wildman–Crippen LogP) is 2.31. The molecule has 3 atom stereocenters. The van der Waals surface area contributed by atoms with Gasteiger partial charge >= 0.3 is 0 Å². The highest BCUT2D eigenvalue weighted by Crippen LogP contribution is 2.33. The Morgan fingerprint density at radius 2 is 2.12 bits per heavy atom. The minimum absolute atomic E-state index is 0.0683. The molecule has 0 amide bonds. The van der Waals surface area contributed by atoms with Gasteiger partial charge in [0, 0.05) is 35.8 Å². The number of nitrogens with two attached hydrogens (primary N) is 1. The fourth-order valence-electron chi connectivity index (χ4n) is 3.71. The van der Waals surface area contributed by atoms with E-state index in [0.29, 0.717) is 32.2 Å². The van der Waals surface area contributed by atoms with Crippen LogP contribution >= 0.6 is 0 Å². The molecule has 3 aliphatic rings. The van der Waals surface area contributed by atoms with E-state index in [1.54, 1.807) is 0 Å². The Kier molecular flexibility index (Phi) is 4.77. The van der Waals surface area contributed by atoms with Gasteiger partial charge in [0.25, 0.3) is 0 Å². The smallest absolute Gasteiger partial charge is 0.129 e. The van der Waals surface area contributed by atoms with Crippen molar-refractivity contribution < 1.29 is 13.5 Å². The maximum atomic E-state index is 14.1. The normalized spacial score (nSPS) is 30.5. The summed E-state index contributed by atoms with van der Waals surface area (Å²) in [5.41, 5.74) is 7.38. The van der Waals surface area contributed by atoms with Crippen LogP contribution in [0.5, 0.6) is 0 Å². The molecule has 140 valence electrons. The molecule has 2 aliphatic heterocycles. The number of aliphatic imine (C=N–C) groups is 1. The summed E-state index contributed by atoms with van der Waals surface area (Å²) in [4.78, 5) is 6.87. The maximum absolute atomic E-state index is 14.1. The predicted molar refractivity (Wildman–Crippen MR) is 95.4 cm³/mol. The average molecular weight is 362 g/mol. The zero-order valence-electron chi connectivity index (χ0n) is 14.6. The first kappa shape index (κ1) is 17.6. The van der Waals surface area contributed by atoms with E-state index in [-0.39, 0.29) is 11.6 Å². The third-order valence-corrected chi connectivity index (χ3v) is 5.27. The van der Waals surface area contributed by atoms with Crippen molar-refractivity contribution in [1.82, 2.24) is 10.2 Å². The van der Waals surface area contributed by atoms with Gasteiger partial charge in [-0.05, 0) is 37.5 Å². The molecule has 2 fully saturated rings. The van der Waals surface area contributed by atoms with Gasteiger partial charge in [0.1, 0.15) is 23.6 Å². The third kappa shape index (κ3) is 3.65. The van der Waals surface area contributed by atoms with Gasteiger partial charge < -0.3 is 15.8 Å². The van der Waals surface area contributed by atoms with E-state index >= 15 is 0 Å². The van der Waals surface area contributed by atoms with Gasteiger partial charge in [0.15, 0.2) is 0 Å². The molecule has 1 aliphatic carbocycles. The van der Waals surface area contributed by atoms with Crippen LogP contribution in [-0.4, -0.2) is 42.6 Å². The van der Waals surface area contributed by atoms with Crippen LogP contribution in [0.25, 0.3) is 0 Å². The Morgan fingerprint density at radius 3 is 2.85 bits per heavy atom. The summed E-state index contributed by atoms with van der Waals surface area (Å²) in [6, 6.07) is 3.04. The van der Waals surface area contributed by atoms with Gasteiger partial charge in [-0.25, -0.2) is 8.78 Å². The van der Waals surface area contributed by atoms with Crippen LogP contribution in [0.1, 0.15) is 30.9 Å². The molecule has 1 aromatic rings. The number of amidine groups is 1. The van der Waals surface area contributed by atoms with Gasteiger partial charge in [-0.15, -0.1) is 0 Å². The molecule has 1 saturated heterocycles. The first-order valence-electron chi connectivity index (χ1n) is 9.06. The molecule has 5 nitrogen and oxygen atoms in total. The SMILES string of the molecule is C=C1CN(C2CO[C@H](c3cc(F)ccc3F)C(N)C2)CN=C(C2CC2)N1. The number of rotatable bonds is 3. The Bertz CT molecular complexity index is 734. The van der Waals surface area contributed by atoms with E-state index in [1.807, 2.05) is 0 Å². The third-order valence-electron chi connectivity index (χ3n) is 5.27. The van der Waals surface area contributed by atoms with Crippen molar-refractivity contribution in [3.63, 3.8) is 0 Å². The summed E-state index contributed by atoms with van der Waals surface area (Å²) < 4.78 is 33.4. The summed E-state index contributed by atoms with van der Waals surface area (Å²) in [6.45, 7) is 5.72. The second-order valence-corrected chi connectivity index (χ2v) is 7.41. The molecule has 26 heavy (non-hydrogen) atoms. The van der Waals surface area contributed by atoms with Gasteiger partial charge in [0.2, 0.25) is 0 Å². The number of nitrogens with one attached hydrogen (secondary N) is 1. The highest BCUT2D eigenvalue weighted by Gasteiger charge is 2.36. The number of nitrogens with zero attached hydrogens (tertiary/aromatic N) is 2. The summed E-state index contributed by atoms with van der Waals surface area (Å²) >= 11 is 0. The fraction of sp³-hybridized carbons (Fsp3) is 0.526. The molecule has 2 heterocycles. The summed E-state index contributed by atoms with van der Waals surface area (Å²) in [5.74, 6) is 0.586. The topological polar surface area (TPSA) is 62.9 Å². The molecule has 7 heteroatoms. The highest BCUT2D eigenvalue weighted by molar-refractivity contribution is 5.88. The lowest BCUT2D eigenvalue weighted by Crippen LogP contribution is -2.49. The van der Waals surface area contributed by atoms with Crippen molar-refractivity contribution in [2.45, 2.75) is 37.5 Å². The highest BCUT2D eigenvalue weighted by atomic mass is 19.1. The largest absolute Gasteiger partial charge is 0.370 e. The molecule has 1 aromatic carbocycles. The standard InChI is InChI=1S/C19H24F2N4O/c1-11-8-25(10-23-19(24-11)12-2-3-12)14-7-17(22)18(26-9-14)15-6-13(20)4-5-16(15)21/h4-6,12,14,17-18H,1-3,7-10,22H2,(H,23,24)/t14?,17?,18-/m1/s1. The van der Waals surface area contributed by atoms with Gasteiger partial charge in [-0.3, -0.25) is 9.89 Å². The van der Waals surface area contributed by atoms with E-state index in [2.05, 4.69) is 21.8 Å². The lowest BCUT2D eigenvalue weighted by Gasteiger charge is -2.39. The van der Waals surface area contributed by atoms with Gasteiger partial charge in [0.05, 0.1) is 13.3 Å². The first-order valence-corrected chi connectivity index (χ1v) is 9.06. The van der Waals surface area contributed by atoms with E-state index in [9.17, 15) is 8.78 Å². The Morgan fingerprint density at radius 1 is 1.31 bits per heavy atom. The van der Waals surface area contributed by atoms with Crippen molar-refractivity contribution >= 4 is 5.84 Å². The van der Waals surface area contributed by atoms with Crippen molar-refractivity contribution in [2.75, 3.05) is 19.8 Å². The number of hydrogen-bond acceptors (Lipinski definition) is 5. The van der Waals surface area contributed by atoms with Crippen molar-refractivity contribution in [2.24, 2.45) is 16.6 Å². The van der Waals surface area contributed by atoms with Crippen LogP contribution in [0.15, 0.2) is 35.5 Å². The number of ether oxygens (including phenoxy) is 1. The Balaban J connectivity index is 1.44. The van der Waals surface area contributed by atoms with Crippen LogP contribution < -0.4 is 11.1 Å². The number of benzene rings is 1. The van der Waals surface area contributed by atoms with E-state index < -0.39 is 23.8 Å². The first-order chi connectivity index (χ1) is 12.5. The molecule has 1 saturated carbocycles. The fourth-order valence-corrected chi connectivity index (χ4v) is 3.71. The molecular formula is C19H24F2N4O. The van der Waals surface area contributed by atoms with E-state index in [1.165, 1.54) is 18.9 Å². The average Bonchev–Trinajstić information content (AvgIpc) is 3.44. The molecular weight excluding hydrogens is 338 g/mol. The zero-order chi connectivity index (χ0) is 18.3. The molecule has 0 bridgehead atoms. The van der Waals surface area contributed by atoms with Gasteiger partial charge in [-0.1, -0.05) is 6.58 Å². The number of halogens is 2. The molecule has 4 rings (SSSR count). The number of hydrogen-bond donors (Lipinski definition) is 2. The van der Waals surface area contributed by atoms with Crippen LogP contribution in [-0.2, 0) is 4.74 Å². The second kappa shape index (κ2) is 7.06. The lowest BCUT2D eigenvalue weighted by molar-refractivity contribution is -0.0492. The maximum Gasteiger partial charge on any atom is 0.129 e. The minimum atomic E-state index is -0.638. The zero-order valence-corrected chi connectivity index (χ0v) is 14.6. The summed E-state index contributed by atoms with van der Waals surface area (Å²) in [6.07, 6.45) is 2.34. The van der Waals surface area contributed by atoms with Crippen LogP contribution in [0, 0.1) is 17.6 Å². The molecule has 0 spiro atoms. The lowest BCUT2D eigenvalue weighted by atomic mass is 9.93. The summed E-state index contributed by atoms with van der Waals surface area (Å²) in [5, 5.41) is 3.32. The van der Waals surface area contributed by atoms with Gasteiger partial charge in [-0.2, -0.15) is 0 Å². The van der Waals surface area contributed by atoms with Crippen molar-refractivity contribution in [1.29, 1.82) is 0 Å². The van der Waals surface area contributed by atoms with E-state index in [4.69, 9.17) is 10.5 Å². The van der Waals surface area contributed by atoms with E-state index in [0.717, 1.165) is 23.7 Å². The Hall–Kier alpha value is -1.83. The molecule has 3 N–H and O–H groups in total. The summed E-state index contributed by atoms with van der Waals surface area (Å²) in [7, 11) is 0. The van der Waals surface area contributed by atoms with Crippen LogP contribution in [0.2, 0.25) is 0 Å². The molecule has 0 radical (unpaired) electrons. The Labute approximate surface area is 151 Å².